The fourth-order valence-electron chi connectivity index (χ4n) is 1.35. The molecule has 1 aromatic rings. The number of nitrogens with zero attached hydrogens (tertiary/aromatic N) is 2. The number of hydrogen-bond acceptors (Lipinski definition) is 3. The zero-order valence-corrected chi connectivity index (χ0v) is 9.10. The highest BCUT2D eigenvalue weighted by atomic mass is 16.6. The van der Waals surface area contributed by atoms with Gasteiger partial charge in [-0.15, -0.1) is 0 Å². The number of aromatic nitrogens is 2. The van der Waals surface area contributed by atoms with Crippen molar-refractivity contribution in [3.05, 3.63) is 18.0 Å². The molecule has 1 unspecified atom stereocenters. The van der Waals surface area contributed by atoms with E-state index in [9.17, 15) is 0 Å². The molecule has 1 heterocycles. The van der Waals surface area contributed by atoms with Crippen LogP contribution in [-0.4, -0.2) is 16.4 Å². The van der Waals surface area contributed by atoms with E-state index < -0.39 is 0 Å². The third-order valence-electron chi connectivity index (χ3n) is 2.06. The molecular formula is C10H19N3O. The minimum atomic E-state index is 0.258. The first-order valence-corrected chi connectivity index (χ1v) is 4.98. The summed E-state index contributed by atoms with van der Waals surface area (Å²) in [5.41, 5.74) is 1.04. The molecule has 0 saturated carbocycles. The lowest BCUT2D eigenvalue weighted by molar-refractivity contribution is 0.125. The average Bonchev–Trinajstić information content (AvgIpc) is 2.52. The van der Waals surface area contributed by atoms with Crippen molar-refractivity contribution in [3.63, 3.8) is 0 Å². The Morgan fingerprint density at radius 2 is 2.21 bits per heavy atom. The van der Waals surface area contributed by atoms with Crippen molar-refractivity contribution in [1.29, 1.82) is 0 Å². The topological polar surface area (TPSA) is 53.1 Å². The summed E-state index contributed by atoms with van der Waals surface area (Å²) >= 11 is 0. The summed E-state index contributed by atoms with van der Waals surface area (Å²) in [6, 6.07) is 2.02. The molecule has 80 valence electrons. The van der Waals surface area contributed by atoms with Crippen molar-refractivity contribution in [2.45, 2.75) is 33.2 Å². The van der Waals surface area contributed by atoms with Gasteiger partial charge in [0.15, 0.2) is 0 Å². The summed E-state index contributed by atoms with van der Waals surface area (Å²) in [5, 5.41) is 4.45. The van der Waals surface area contributed by atoms with Gasteiger partial charge in [-0.2, -0.15) is 5.10 Å². The molecule has 1 rings (SSSR count). The molecular weight excluding hydrogens is 178 g/mol. The lowest BCUT2D eigenvalue weighted by atomic mass is 10.1. The zero-order chi connectivity index (χ0) is 10.6. The molecule has 0 aromatic carbocycles. The average molecular weight is 197 g/mol. The second-order valence-electron chi connectivity index (χ2n) is 4.09. The Labute approximate surface area is 85.0 Å². The van der Waals surface area contributed by atoms with Crippen LogP contribution in [0.5, 0.6) is 0 Å². The van der Waals surface area contributed by atoms with E-state index in [0.29, 0.717) is 12.5 Å². The number of rotatable bonds is 5. The number of nitrogens with two attached hydrogens (primary N) is 1. The smallest absolute Gasteiger partial charge is 0.0760 e. The number of hydrogen-bond donors (Lipinski definition) is 1. The van der Waals surface area contributed by atoms with E-state index in [1.54, 1.807) is 0 Å². The van der Waals surface area contributed by atoms with E-state index in [0.717, 1.165) is 12.2 Å². The Hall–Kier alpha value is -0.870. The van der Waals surface area contributed by atoms with Crippen LogP contribution in [0, 0.1) is 5.92 Å². The van der Waals surface area contributed by atoms with E-state index in [1.165, 1.54) is 0 Å². The summed E-state index contributed by atoms with van der Waals surface area (Å²) in [6.07, 6.45) is 2.00. The van der Waals surface area contributed by atoms with Crippen LogP contribution in [0.4, 0.5) is 0 Å². The van der Waals surface area contributed by atoms with Crippen molar-refractivity contribution in [2.75, 3.05) is 6.61 Å². The first-order chi connectivity index (χ1) is 6.63. The van der Waals surface area contributed by atoms with Crippen molar-refractivity contribution in [1.82, 2.24) is 9.78 Å². The Balaban J connectivity index is 2.58. The highest BCUT2D eigenvalue weighted by Gasteiger charge is 2.09. The molecule has 1 atom stereocenters. The van der Waals surface area contributed by atoms with Crippen molar-refractivity contribution in [2.24, 2.45) is 11.8 Å². The molecule has 0 aliphatic heterocycles. The van der Waals surface area contributed by atoms with Crippen LogP contribution in [0.2, 0.25) is 0 Å². The van der Waals surface area contributed by atoms with E-state index in [2.05, 4.69) is 30.7 Å². The van der Waals surface area contributed by atoms with Gasteiger partial charge < -0.3 is 4.84 Å². The monoisotopic (exact) mass is 197 g/mol. The third-order valence-corrected chi connectivity index (χ3v) is 2.06. The first-order valence-electron chi connectivity index (χ1n) is 4.98. The predicted octanol–water partition coefficient (Wildman–Crippen LogP) is 1.53. The molecule has 1 aromatic heterocycles. The summed E-state index contributed by atoms with van der Waals surface area (Å²) in [7, 11) is 0. The van der Waals surface area contributed by atoms with Gasteiger partial charge in [0.25, 0.3) is 0 Å². The molecule has 0 amide bonds. The van der Waals surface area contributed by atoms with E-state index in [-0.39, 0.29) is 5.92 Å². The van der Waals surface area contributed by atoms with Gasteiger partial charge in [-0.1, -0.05) is 20.8 Å². The molecule has 4 nitrogen and oxygen atoms in total. The van der Waals surface area contributed by atoms with Crippen LogP contribution in [0.3, 0.4) is 0 Å². The molecule has 0 saturated heterocycles. The van der Waals surface area contributed by atoms with Crippen LogP contribution in [0.15, 0.2) is 12.3 Å². The molecule has 0 bridgehead atoms. The van der Waals surface area contributed by atoms with Gasteiger partial charge in [0, 0.05) is 18.7 Å². The molecule has 0 fully saturated rings. The Bertz CT molecular complexity index is 270. The highest BCUT2D eigenvalue weighted by molar-refractivity contribution is 5.05. The second kappa shape index (κ2) is 5.12. The summed E-state index contributed by atoms with van der Waals surface area (Å²) in [5.74, 6) is 5.89. The van der Waals surface area contributed by atoms with Gasteiger partial charge in [-0.05, 0) is 12.0 Å². The lowest BCUT2D eigenvalue weighted by Crippen LogP contribution is -2.10. The molecule has 14 heavy (non-hydrogen) atoms. The Morgan fingerprint density at radius 1 is 1.50 bits per heavy atom. The molecule has 0 radical (unpaired) electrons. The van der Waals surface area contributed by atoms with E-state index >= 15 is 0 Å². The van der Waals surface area contributed by atoms with E-state index in [1.807, 2.05) is 16.9 Å². The van der Waals surface area contributed by atoms with Crippen LogP contribution in [-0.2, 0) is 11.4 Å². The van der Waals surface area contributed by atoms with Crippen LogP contribution < -0.4 is 5.90 Å². The normalized spacial score (nSPS) is 13.5. The summed E-state index contributed by atoms with van der Waals surface area (Å²) in [6.45, 7) is 7.87. The zero-order valence-electron chi connectivity index (χ0n) is 9.10. The second-order valence-corrected chi connectivity index (χ2v) is 4.09. The minimum absolute atomic E-state index is 0.258. The van der Waals surface area contributed by atoms with Crippen molar-refractivity contribution < 1.29 is 4.84 Å². The van der Waals surface area contributed by atoms with Crippen LogP contribution >= 0.6 is 0 Å². The summed E-state index contributed by atoms with van der Waals surface area (Å²) in [4.78, 5) is 4.60. The predicted molar refractivity (Wildman–Crippen MR) is 55.6 cm³/mol. The maximum Gasteiger partial charge on any atom is 0.0760 e. The molecule has 0 spiro atoms. The van der Waals surface area contributed by atoms with Crippen LogP contribution in [0.1, 0.15) is 32.4 Å². The van der Waals surface area contributed by atoms with E-state index in [4.69, 9.17) is 5.90 Å². The van der Waals surface area contributed by atoms with Gasteiger partial charge >= 0.3 is 0 Å². The maximum atomic E-state index is 5.02. The standard InChI is InChI=1S/C10H19N3O/c1-8(2)6-13-5-4-10(12-13)9(3)7-14-11/h4-5,8-9H,6-7,11H2,1-3H3. The van der Waals surface area contributed by atoms with Gasteiger partial charge in [0.2, 0.25) is 0 Å². The fourth-order valence-corrected chi connectivity index (χ4v) is 1.35. The third kappa shape index (κ3) is 3.12. The quantitative estimate of drug-likeness (QED) is 0.728. The molecule has 4 heteroatoms. The van der Waals surface area contributed by atoms with Gasteiger partial charge in [-0.25, -0.2) is 5.90 Å². The molecule has 0 aliphatic rings. The van der Waals surface area contributed by atoms with Gasteiger partial charge in [0.1, 0.15) is 0 Å². The first kappa shape index (κ1) is 11.2. The Kier molecular flexibility index (Phi) is 4.10. The maximum absolute atomic E-state index is 5.02. The SMILES string of the molecule is CC(C)Cn1ccc(C(C)CON)n1. The summed E-state index contributed by atoms with van der Waals surface area (Å²) < 4.78 is 1.97. The van der Waals surface area contributed by atoms with Gasteiger partial charge in [-0.3, -0.25) is 4.68 Å². The van der Waals surface area contributed by atoms with Crippen molar-refractivity contribution >= 4 is 0 Å². The highest BCUT2D eigenvalue weighted by Crippen LogP contribution is 2.12. The minimum Gasteiger partial charge on any atom is -0.304 e. The van der Waals surface area contributed by atoms with Crippen LogP contribution in [0.25, 0.3) is 0 Å². The fraction of sp³-hybridized carbons (Fsp3) is 0.700. The Morgan fingerprint density at radius 3 is 2.79 bits per heavy atom. The lowest BCUT2D eigenvalue weighted by Gasteiger charge is -2.07. The molecule has 0 aliphatic carbocycles. The van der Waals surface area contributed by atoms with Gasteiger partial charge in [0.05, 0.1) is 12.3 Å². The molecule has 2 N–H and O–H groups in total. The largest absolute Gasteiger partial charge is 0.304 e. The van der Waals surface area contributed by atoms with Crippen molar-refractivity contribution in [3.8, 4) is 0 Å².